The molecule has 1 saturated carbocycles. The summed E-state index contributed by atoms with van der Waals surface area (Å²) >= 11 is 15.0. The van der Waals surface area contributed by atoms with Gasteiger partial charge in [0.05, 0.1) is 71.2 Å². The van der Waals surface area contributed by atoms with Gasteiger partial charge in [-0.05, 0) is 103 Å². The largest absolute Gasteiger partial charge is 0.493 e. The average molecular weight is 1220 g/mol. The highest BCUT2D eigenvalue weighted by atomic mass is 35.5. The minimum atomic E-state index is -1.55. The Kier molecular flexibility index (Phi) is 21.0. The minimum absolute atomic E-state index is 0.0646. The molecule has 83 heavy (non-hydrogen) atoms. The van der Waals surface area contributed by atoms with E-state index in [9.17, 15) is 24.6 Å². The van der Waals surface area contributed by atoms with E-state index in [-0.39, 0.29) is 31.5 Å². The van der Waals surface area contributed by atoms with Crippen LogP contribution in [0.1, 0.15) is 126 Å². The average Bonchev–Trinajstić information content (AvgIpc) is 2.96. The number of aliphatic hydroxyl groups excluding tert-OH is 1. The van der Waals surface area contributed by atoms with Crippen LogP contribution in [0.4, 0.5) is 10.5 Å². The monoisotopic (exact) mass is 1220 g/mol. The molecule has 1 unspecified atom stereocenters. The molecule has 6 fully saturated rings. The second kappa shape index (κ2) is 26.7. The number of anilines is 1. The molecule has 0 radical (unpaired) electrons. The van der Waals surface area contributed by atoms with Gasteiger partial charge in [-0.1, -0.05) is 57.8 Å². The van der Waals surface area contributed by atoms with Gasteiger partial charge in [0.15, 0.2) is 35.3 Å². The normalized spacial score (nSPS) is 37.9. The Balaban J connectivity index is 1.03. The van der Waals surface area contributed by atoms with Gasteiger partial charge in [-0.25, -0.2) is 4.79 Å². The first-order valence-electron chi connectivity index (χ1n) is 29.5. The van der Waals surface area contributed by atoms with Crippen molar-refractivity contribution in [2.75, 3.05) is 57.9 Å². The number of carbonyl (C=O) groups is 4. The fraction of sp³-hybridized carbons (Fsp3) is 0.754. The predicted octanol–water partition coefficient (Wildman–Crippen LogP) is 9.47. The smallest absolute Gasteiger partial charge is 0.410 e. The maximum atomic E-state index is 15.3. The minimum Gasteiger partial charge on any atom is -0.493 e. The second-order valence-electron chi connectivity index (χ2n) is 25.2. The number of aromatic nitrogens is 1. The number of likely N-dealkylation sites (N-methyl/N-ethyl adjacent to an activating group) is 1. The van der Waals surface area contributed by atoms with Crippen LogP contribution in [0.25, 0.3) is 0 Å². The van der Waals surface area contributed by atoms with Crippen molar-refractivity contribution in [2.24, 2.45) is 41.4 Å². The Hall–Kier alpha value is -3.70. The maximum Gasteiger partial charge on any atom is 0.410 e. The van der Waals surface area contributed by atoms with Gasteiger partial charge in [-0.2, -0.15) is 11.8 Å². The van der Waals surface area contributed by atoms with Gasteiger partial charge >= 0.3 is 18.0 Å². The van der Waals surface area contributed by atoms with E-state index in [2.05, 4.69) is 9.88 Å². The molecule has 19 nitrogen and oxygen atoms in total. The Labute approximate surface area is 504 Å². The fourth-order valence-electron chi connectivity index (χ4n) is 13.8. The van der Waals surface area contributed by atoms with Crippen LogP contribution >= 0.6 is 35.0 Å². The number of thioether (sulfide) groups is 1. The van der Waals surface area contributed by atoms with E-state index < -0.39 is 125 Å². The number of esters is 2. The van der Waals surface area contributed by atoms with E-state index in [0.29, 0.717) is 83.5 Å². The number of fused-ring (bicyclic) bond motifs is 2. The summed E-state index contributed by atoms with van der Waals surface area (Å²) in [5, 5.41) is 23.3. The fourth-order valence-corrected chi connectivity index (χ4v) is 15.4. The van der Waals surface area contributed by atoms with Crippen LogP contribution in [0.15, 0.2) is 30.6 Å². The number of methoxy groups -OCH3 is 3. The van der Waals surface area contributed by atoms with Crippen molar-refractivity contribution < 1.29 is 76.8 Å². The third kappa shape index (κ3) is 14.3. The molecule has 464 valence electrons. The lowest BCUT2D eigenvalue weighted by Gasteiger charge is -2.49. The number of Topliss-reactive ketones (excluding diaryl/α,β-unsaturated/α-hetero) is 1. The summed E-state index contributed by atoms with van der Waals surface area (Å²) < 4.78 is 62.9. The van der Waals surface area contributed by atoms with Gasteiger partial charge < -0.3 is 67.4 Å². The number of pyridine rings is 1. The Morgan fingerprint density at radius 2 is 1.60 bits per heavy atom. The van der Waals surface area contributed by atoms with E-state index in [0.717, 1.165) is 18.5 Å². The number of nitrogens with zero attached hydrogens (tertiary/aromatic N) is 3. The Bertz CT molecular complexity index is 2600. The lowest BCUT2D eigenvalue weighted by molar-refractivity contribution is -0.321. The lowest BCUT2D eigenvalue weighted by atomic mass is 9.67. The number of ether oxygens (including phenoxy) is 10. The van der Waals surface area contributed by atoms with Crippen LogP contribution in [0.5, 0.6) is 11.5 Å². The number of carbonyl (C=O) groups excluding carboxylic acids is 4. The summed E-state index contributed by atoms with van der Waals surface area (Å²) in [5.74, 6) is -3.96. The van der Waals surface area contributed by atoms with Crippen LogP contribution in [-0.4, -0.2) is 168 Å². The highest BCUT2D eigenvalue weighted by Gasteiger charge is 2.61. The van der Waals surface area contributed by atoms with Gasteiger partial charge in [-0.3, -0.25) is 19.4 Å². The highest BCUT2D eigenvalue weighted by Crippen LogP contribution is 2.50. The first-order valence-corrected chi connectivity index (χ1v) is 31.4. The molecule has 5 aliphatic heterocycles. The quantitative estimate of drug-likeness (QED) is 0.0716. The molecule has 1 aromatic heterocycles. The molecule has 1 aromatic carbocycles. The summed E-state index contributed by atoms with van der Waals surface area (Å²) in [7, 11) is 6.34. The van der Waals surface area contributed by atoms with Gasteiger partial charge in [0.2, 0.25) is 0 Å². The van der Waals surface area contributed by atoms with Gasteiger partial charge in [-0.15, -0.1) is 0 Å². The zero-order chi connectivity index (χ0) is 60.5. The molecule has 22 heteroatoms. The molecule has 0 bridgehead atoms. The van der Waals surface area contributed by atoms with E-state index in [1.165, 1.54) is 7.11 Å². The van der Waals surface area contributed by atoms with Crippen molar-refractivity contribution in [1.82, 2.24) is 9.88 Å². The molecule has 8 rings (SSSR count). The number of aliphatic hydroxyl groups is 2. The SMILES string of the molecule is CC[C@H]1OC(=O)[C@H](C)C[C@H](C)[C@@H](OC2O[C@H](CC[C@@H]3O[C@@](C)(O)C[C@@](C)(OC)[C@H]3O)C[C@H]3[C@H]2OC(=O)N3C)[C@](C)(OC)C[C@@H](C)C(=O)[C@H](C)[C@H]2[C@H](CSCCN(Cc3c(Cl)cncc3Cl)c3ccc(OC)c(OCC4CC4)c3)C(=O)O[C@@]21C. The van der Waals surface area contributed by atoms with Crippen LogP contribution in [0, 0.1) is 41.4 Å². The number of amides is 1. The van der Waals surface area contributed by atoms with Crippen molar-refractivity contribution in [3.63, 3.8) is 0 Å². The molecule has 6 aliphatic rings. The second-order valence-corrected chi connectivity index (χ2v) is 27.1. The first kappa shape index (κ1) is 65.3. The molecule has 0 spiro atoms. The van der Waals surface area contributed by atoms with Crippen LogP contribution in [0.3, 0.4) is 0 Å². The topological polar surface area (TPSA) is 220 Å². The predicted molar refractivity (Wildman–Crippen MR) is 313 cm³/mol. The molecule has 5 saturated heterocycles. The maximum absolute atomic E-state index is 15.3. The lowest BCUT2D eigenvalue weighted by Crippen LogP contribution is -2.60. The molecule has 18 atom stereocenters. The molecule has 2 aromatic rings. The van der Waals surface area contributed by atoms with E-state index in [4.69, 9.17) is 70.6 Å². The van der Waals surface area contributed by atoms with Crippen LogP contribution in [0.2, 0.25) is 10.0 Å². The number of ketones is 1. The summed E-state index contributed by atoms with van der Waals surface area (Å²) in [6.07, 6.45) is 0.654. The molecule has 1 aliphatic carbocycles. The van der Waals surface area contributed by atoms with Crippen molar-refractivity contribution >= 4 is 64.5 Å². The van der Waals surface area contributed by atoms with E-state index in [1.807, 2.05) is 52.8 Å². The van der Waals surface area contributed by atoms with Crippen molar-refractivity contribution in [1.29, 1.82) is 0 Å². The first-order chi connectivity index (χ1) is 39.2. The number of rotatable bonds is 20. The molecular weight excluding hydrogens is 1130 g/mol. The third-order valence-electron chi connectivity index (χ3n) is 18.8. The summed E-state index contributed by atoms with van der Waals surface area (Å²) in [5.41, 5.74) is -2.06. The molecule has 6 heterocycles. The number of halogens is 2. The number of cyclic esters (lactones) is 1. The third-order valence-corrected chi connectivity index (χ3v) is 20.5. The standard InChI is InChI=1S/C61H89Cl2N3O16S/c1-14-48-61(9)49(41(55(70)82-61)31-83-22-21-66(29-40-42(62)27-64-28-43(40)63)38-17-19-45(73-11)47(24-38)76-30-37-15-16-37)36(5)50(67)35(4)26-58(6,74-12)53(33(2)23-34(3)54(69)78-48)80-56-51-44(65(10)57(71)79-51)25-39(77-56)18-20-46-52(68)59(7,75-13)32-60(8,72)81-46/h17,19,24,27-28,33-37,39,41,44,46,48-49,51-53,56,68,72H,14-16,18,20-23,25-26,29-32H2,1-13H3/t33-,34+,35+,36+,39+,41-,44-,46-,48+,49-,51+,52-,53+,56?,58+,59+,60+,61+/m0/s1. The van der Waals surface area contributed by atoms with Gasteiger partial charge in [0.1, 0.15) is 18.0 Å². The Morgan fingerprint density at radius 1 is 0.904 bits per heavy atom. The summed E-state index contributed by atoms with van der Waals surface area (Å²) in [6.45, 7) is 17.8. The molecule has 2 N–H and O–H groups in total. The van der Waals surface area contributed by atoms with Crippen molar-refractivity contribution in [2.45, 2.75) is 198 Å². The number of hydrogen-bond acceptors (Lipinski definition) is 19. The van der Waals surface area contributed by atoms with E-state index >= 15 is 4.79 Å². The number of hydrogen-bond donors (Lipinski definition) is 2. The summed E-state index contributed by atoms with van der Waals surface area (Å²) in [4.78, 5) is 65.5. The van der Waals surface area contributed by atoms with Gasteiger partial charge in [0, 0.05) is 99.7 Å². The van der Waals surface area contributed by atoms with Gasteiger partial charge in [0.25, 0.3) is 0 Å². The van der Waals surface area contributed by atoms with Crippen LogP contribution < -0.4 is 14.4 Å². The Morgan fingerprint density at radius 3 is 2.25 bits per heavy atom. The highest BCUT2D eigenvalue weighted by molar-refractivity contribution is 7.99. The zero-order valence-corrected chi connectivity index (χ0v) is 52.9. The van der Waals surface area contributed by atoms with E-state index in [1.54, 1.807) is 78.0 Å². The molecule has 1 amide bonds. The zero-order valence-electron chi connectivity index (χ0n) is 50.6. The van der Waals surface area contributed by atoms with Crippen molar-refractivity contribution in [3.05, 3.63) is 46.2 Å². The number of benzene rings is 1. The molecular formula is C61H89Cl2N3O16S. The summed E-state index contributed by atoms with van der Waals surface area (Å²) in [6, 6.07) is 5.36. The van der Waals surface area contributed by atoms with Crippen molar-refractivity contribution in [3.8, 4) is 11.5 Å². The van der Waals surface area contributed by atoms with Crippen LogP contribution in [-0.2, 0) is 58.8 Å².